The first kappa shape index (κ1) is 52.0. The summed E-state index contributed by atoms with van der Waals surface area (Å²) in [5.74, 6) is -3.80. The zero-order valence-electron chi connectivity index (χ0n) is 36.2. The molecule has 1 unspecified atom stereocenters. The molecule has 0 aliphatic carbocycles. The zero-order chi connectivity index (χ0) is 46.8. The number of hydrogen-bond donors (Lipinski definition) is 5. The van der Waals surface area contributed by atoms with Gasteiger partial charge in [0.2, 0.25) is 23.6 Å². The second-order valence-corrected chi connectivity index (χ2v) is 16.5. The van der Waals surface area contributed by atoms with E-state index < -0.39 is 95.5 Å². The first-order chi connectivity index (χ1) is 30.2. The van der Waals surface area contributed by atoms with Gasteiger partial charge in [0, 0.05) is 30.1 Å². The SMILES string of the molecule is CCCCC(NC(=O)[C@@H](N)Cc1ccccc1)C(=O)N1CCC[C@H]1C(=O)N[C@@H](CC(C)C)C(=O)N[C@@H](Cc1c[nH]c2ccccc12)C(=O)OCc1cc(C(F)(F)F)cc(C(F)(F)F)c1.Cl. The number of nitrogens with zero attached hydrogens (tertiary/aromatic N) is 1. The highest BCUT2D eigenvalue weighted by atomic mass is 35.5. The van der Waals surface area contributed by atoms with Crippen LogP contribution in [0.15, 0.2) is 79.0 Å². The van der Waals surface area contributed by atoms with Crippen molar-refractivity contribution in [1.82, 2.24) is 25.8 Å². The van der Waals surface area contributed by atoms with Gasteiger partial charge in [-0.05, 0) is 79.0 Å². The van der Waals surface area contributed by atoms with E-state index in [2.05, 4.69) is 20.9 Å². The van der Waals surface area contributed by atoms with Crippen molar-refractivity contribution in [3.63, 3.8) is 0 Å². The van der Waals surface area contributed by atoms with E-state index in [0.717, 1.165) is 12.0 Å². The maximum Gasteiger partial charge on any atom is 0.416 e. The van der Waals surface area contributed by atoms with Crippen molar-refractivity contribution in [3.8, 4) is 0 Å². The summed E-state index contributed by atoms with van der Waals surface area (Å²) in [4.78, 5) is 73.7. The monoisotopic (exact) mass is 936 g/mol. The second kappa shape index (κ2) is 23.0. The van der Waals surface area contributed by atoms with Gasteiger partial charge in [0.05, 0.1) is 17.2 Å². The average molecular weight is 937 g/mol. The molecule has 2 heterocycles. The van der Waals surface area contributed by atoms with Gasteiger partial charge < -0.3 is 36.3 Å². The Labute approximate surface area is 379 Å². The third-order valence-corrected chi connectivity index (χ3v) is 11.0. The van der Waals surface area contributed by atoms with E-state index in [-0.39, 0.29) is 56.6 Å². The number of H-pyrrole nitrogens is 1. The van der Waals surface area contributed by atoms with Crippen LogP contribution in [0.3, 0.4) is 0 Å². The predicted octanol–water partition coefficient (Wildman–Crippen LogP) is 7.16. The number of fused-ring (bicyclic) bond motifs is 1. The van der Waals surface area contributed by atoms with E-state index in [1.165, 1.54) is 4.90 Å². The number of rotatable bonds is 19. The number of carbonyl (C=O) groups is 5. The van der Waals surface area contributed by atoms with Crippen LogP contribution in [0.4, 0.5) is 26.3 Å². The number of para-hydroxylation sites is 1. The minimum Gasteiger partial charge on any atom is -0.459 e. The molecule has 12 nitrogen and oxygen atoms in total. The molecule has 1 aliphatic rings. The average Bonchev–Trinajstić information content (AvgIpc) is 3.91. The van der Waals surface area contributed by atoms with E-state index in [1.807, 2.05) is 37.3 Å². The summed E-state index contributed by atoms with van der Waals surface area (Å²) >= 11 is 0. The predicted molar refractivity (Wildman–Crippen MR) is 233 cm³/mol. The van der Waals surface area contributed by atoms with Crippen molar-refractivity contribution in [2.75, 3.05) is 6.54 Å². The van der Waals surface area contributed by atoms with Crippen LogP contribution in [0.1, 0.15) is 87.1 Å². The molecule has 1 aliphatic heterocycles. The molecule has 1 saturated heterocycles. The molecular formula is C46H55ClF6N6O6. The normalized spacial score (nSPS) is 16.0. The van der Waals surface area contributed by atoms with Gasteiger partial charge in [-0.15, -0.1) is 12.4 Å². The van der Waals surface area contributed by atoms with Crippen molar-refractivity contribution < 1.29 is 55.1 Å². The summed E-state index contributed by atoms with van der Waals surface area (Å²) < 4.78 is 86.8. The summed E-state index contributed by atoms with van der Waals surface area (Å²) in [5.41, 5.74) is 4.54. The molecule has 4 aromatic rings. The van der Waals surface area contributed by atoms with Crippen molar-refractivity contribution in [3.05, 3.63) is 107 Å². The lowest BCUT2D eigenvalue weighted by Crippen LogP contribution is -2.58. The number of hydrogen-bond acceptors (Lipinski definition) is 7. The van der Waals surface area contributed by atoms with Crippen LogP contribution in [-0.2, 0) is 60.5 Å². The molecule has 6 N–H and O–H groups in total. The van der Waals surface area contributed by atoms with Crippen molar-refractivity contribution in [2.24, 2.45) is 11.7 Å². The summed E-state index contributed by atoms with van der Waals surface area (Å²) in [7, 11) is 0. The molecule has 0 bridgehead atoms. The molecule has 0 spiro atoms. The molecule has 65 heavy (non-hydrogen) atoms. The maximum atomic E-state index is 14.1. The number of nitrogens with two attached hydrogens (primary N) is 1. The number of unbranched alkanes of at least 4 members (excludes halogenated alkanes) is 1. The molecule has 0 radical (unpaired) electrons. The van der Waals surface area contributed by atoms with Crippen LogP contribution in [0.25, 0.3) is 10.9 Å². The number of benzene rings is 3. The Morgan fingerprint density at radius 3 is 2.08 bits per heavy atom. The van der Waals surface area contributed by atoms with Gasteiger partial charge >= 0.3 is 18.3 Å². The van der Waals surface area contributed by atoms with Gasteiger partial charge in [-0.3, -0.25) is 19.2 Å². The van der Waals surface area contributed by atoms with Gasteiger partial charge in [0.1, 0.15) is 30.8 Å². The number of amides is 4. The minimum atomic E-state index is -5.13. The molecule has 1 aromatic heterocycles. The first-order valence-corrected chi connectivity index (χ1v) is 21.3. The molecule has 19 heteroatoms. The lowest BCUT2D eigenvalue weighted by molar-refractivity contribution is -0.149. The Balaban J connectivity index is 0.00000925. The van der Waals surface area contributed by atoms with Gasteiger partial charge in [-0.2, -0.15) is 26.3 Å². The minimum absolute atomic E-state index is 0. The smallest absolute Gasteiger partial charge is 0.416 e. The molecule has 354 valence electrons. The summed E-state index contributed by atoms with van der Waals surface area (Å²) in [5, 5.41) is 8.83. The number of aromatic amines is 1. The Hall–Kier alpha value is -5.62. The lowest BCUT2D eigenvalue weighted by Gasteiger charge is -2.31. The summed E-state index contributed by atoms with van der Waals surface area (Å²) in [6.07, 6.45) is -6.22. The van der Waals surface area contributed by atoms with E-state index in [4.69, 9.17) is 10.5 Å². The largest absolute Gasteiger partial charge is 0.459 e. The number of ether oxygens (including phenoxy) is 1. The van der Waals surface area contributed by atoms with Crippen LogP contribution in [0.5, 0.6) is 0 Å². The molecule has 1 fully saturated rings. The van der Waals surface area contributed by atoms with Crippen LogP contribution >= 0.6 is 12.4 Å². The first-order valence-electron chi connectivity index (χ1n) is 21.3. The van der Waals surface area contributed by atoms with Crippen molar-refractivity contribution in [1.29, 1.82) is 0 Å². The Kier molecular flexibility index (Phi) is 18.4. The summed E-state index contributed by atoms with van der Waals surface area (Å²) in [6, 6.07) is 11.4. The fourth-order valence-electron chi connectivity index (χ4n) is 7.72. The number of nitrogens with one attached hydrogen (secondary N) is 4. The summed E-state index contributed by atoms with van der Waals surface area (Å²) in [6.45, 7) is 4.75. The molecule has 5 rings (SSSR count). The van der Waals surface area contributed by atoms with Crippen LogP contribution < -0.4 is 21.7 Å². The van der Waals surface area contributed by atoms with E-state index in [9.17, 15) is 50.3 Å². The fourth-order valence-corrected chi connectivity index (χ4v) is 7.72. The molecule has 4 amide bonds. The second-order valence-electron chi connectivity index (χ2n) is 16.5. The quantitative estimate of drug-likeness (QED) is 0.0490. The molecular weight excluding hydrogens is 882 g/mol. The van der Waals surface area contributed by atoms with E-state index >= 15 is 0 Å². The number of esters is 1. The molecule has 0 saturated carbocycles. The van der Waals surface area contributed by atoms with Crippen LogP contribution in [0, 0.1) is 5.92 Å². The standard InChI is InChI=1S/C46H54F6N6O6.ClH/c1-4-5-15-36(55-40(59)34(53)22-28-12-7-6-8-13-28)43(62)58-18-11-17-39(58)42(61)56-37(19-27(2)3)41(60)57-38(23-30-25-54-35-16-10-9-14-33(30)35)44(63)64-26-29-20-31(45(47,48)49)24-32(21-29)46(50,51)52;/h6-10,12-14,16,20-21,24-25,27,34,36-39,54H,4-5,11,15,17-19,22-23,26,53H2,1-3H3,(H,55,59)(H,56,61)(H,57,60);1H/t34-,36?,37-,38-,39-;/m0./s1. The van der Waals surface area contributed by atoms with Crippen LogP contribution in [-0.4, -0.2) is 76.2 Å². The van der Waals surface area contributed by atoms with Gasteiger partial charge in [0.15, 0.2) is 0 Å². The van der Waals surface area contributed by atoms with Gasteiger partial charge in [-0.1, -0.05) is 82.1 Å². The van der Waals surface area contributed by atoms with Crippen molar-refractivity contribution in [2.45, 2.75) is 121 Å². The van der Waals surface area contributed by atoms with Gasteiger partial charge in [0.25, 0.3) is 0 Å². The third-order valence-electron chi connectivity index (χ3n) is 11.0. The van der Waals surface area contributed by atoms with Crippen molar-refractivity contribution >= 4 is 52.9 Å². The number of alkyl halides is 6. The molecule has 5 atom stereocenters. The number of halogens is 7. The molecule has 3 aromatic carbocycles. The maximum absolute atomic E-state index is 14.1. The number of likely N-dealkylation sites (tertiary alicyclic amines) is 1. The van der Waals surface area contributed by atoms with Crippen LogP contribution in [0.2, 0.25) is 0 Å². The Bertz CT molecular complexity index is 2220. The van der Waals surface area contributed by atoms with Gasteiger partial charge in [-0.25, -0.2) is 4.79 Å². The number of aromatic nitrogens is 1. The zero-order valence-corrected chi connectivity index (χ0v) is 37.0. The third kappa shape index (κ3) is 14.4. The number of carbonyl (C=O) groups excluding carboxylic acids is 5. The Morgan fingerprint density at radius 2 is 1.45 bits per heavy atom. The highest BCUT2D eigenvalue weighted by Crippen LogP contribution is 2.36. The lowest BCUT2D eigenvalue weighted by atomic mass is 10.0. The van der Waals surface area contributed by atoms with E-state index in [0.29, 0.717) is 47.9 Å². The van der Waals surface area contributed by atoms with E-state index in [1.54, 1.807) is 44.3 Å². The highest BCUT2D eigenvalue weighted by molar-refractivity contribution is 5.96. The fraction of sp³-hybridized carbons (Fsp3) is 0.457. The highest BCUT2D eigenvalue weighted by Gasteiger charge is 2.40. The topological polar surface area (TPSA) is 176 Å². The Morgan fingerprint density at radius 1 is 0.815 bits per heavy atom.